The first-order valence-electron chi connectivity index (χ1n) is 14.8. The number of hydrogen-bond acceptors (Lipinski definition) is 6. The predicted octanol–water partition coefficient (Wildman–Crippen LogP) is 4.23. The van der Waals surface area contributed by atoms with Crippen LogP contribution in [0.4, 0.5) is 4.79 Å². The Balaban J connectivity index is 1.33. The fourth-order valence-electron chi connectivity index (χ4n) is 6.67. The number of rotatable bonds is 8. The third kappa shape index (κ3) is 6.22. The van der Waals surface area contributed by atoms with E-state index < -0.39 is 12.1 Å². The maximum absolute atomic E-state index is 13.8. The van der Waals surface area contributed by atoms with Gasteiger partial charge in [0, 0.05) is 36.9 Å². The largest absolute Gasteiger partial charge is 0.493 e. The first-order valence-corrected chi connectivity index (χ1v) is 14.8. The van der Waals surface area contributed by atoms with E-state index in [1.54, 1.807) is 24.1 Å². The van der Waals surface area contributed by atoms with Crippen molar-refractivity contribution in [1.29, 1.82) is 0 Å². The van der Waals surface area contributed by atoms with Gasteiger partial charge in [-0.2, -0.15) is 5.10 Å². The Labute approximate surface area is 246 Å². The highest BCUT2D eigenvalue weighted by Gasteiger charge is 2.44. The molecule has 1 saturated carbocycles. The molecule has 2 heterocycles. The summed E-state index contributed by atoms with van der Waals surface area (Å²) in [6, 6.07) is 12.5. The van der Waals surface area contributed by atoms with E-state index in [2.05, 4.69) is 5.32 Å². The highest BCUT2D eigenvalue weighted by atomic mass is 16.5. The van der Waals surface area contributed by atoms with Crippen molar-refractivity contribution >= 4 is 23.6 Å². The number of carbonyl (C=O) groups is 3. The van der Waals surface area contributed by atoms with E-state index in [9.17, 15) is 19.5 Å². The van der Waals surface area contributed by atoms with Crippen LogP contribution in [0.15, 0.2) is 47.6 Å². The van der Waals surface area contributed by atoms with E-state index in [4.69, 9.17) is 14.6 Å². The number of amides is 3. The molecule has 0 aromatic heterocycles. The smallest absolute Gasteiger partial charge is 0.405 e. The van der Waals surface area contributed by atoms with Crippen molar-refractivity contribution in [2.75, 3.05) is 27.3 Å². The second kappa shape index (κ2) is 12.8. The van der Waals surface area contributed by atoms with Crippen LogP contribution < -0.4 is 14.8 Å². The van der Waals surface area contributed by atoms with E-state index in [1.807, 2.05) is 49.4 Å². The molecule has 10 heteroatoms. The highest BCUT2D eigenvalue weighted by Crippen LogP contribution is 2.40. The summed E-state index contributed by atoms with van der Waals surface area (Å²) in [4.78, 5) is 40.5. The Morgan fingerprint density at radius 3 is 2.38 bits per heavy atom. The maximum Gasteiger partial charge on any atom is 0.405 e. The molecule has 5 rings (SSSR count). The third-order valence-electron chi connectivity index (χ3n) is 8.80. The van der Waals surface area contributed by atoms with E-state index in [0.717, 1.165) is 48.1 Å². The van der Waals surface area contributed by atoms with Crippen molar-refractivity contribution in [2.45, 2.75) is 64.0 Å². The molecule has 0 unspecified atom stereocenters. The van der Waals surface area contributed by atoms with Crippen molar-refractivity contribution in [3.05, 3.63) is 59.2 Å². The topological polar surface area (TPSA) is 121 Å². The molecule has 42 heavy (non-hydrogen) atoms. The van der Waals surface area contributed by atoms with Gasteiger partial charge in [-0.15, -0.1) is 0 Å². The molecule has 3 atom stereocenters. The zero-order valence-electron chi connectivity index (χ0n) is 24.5. The lowest BCUT2D eigenvalue weighted by Gasteiger charge is -2.43. The summed E-state index contributed by atoms with van der Waals surface area (Å²) in [6.45, 7) is 2.81. The second-order valence-electron chi connectivity index (χ2n) is 11.5. The molecule has 0 spiro atoms. The van der Waals surface area contributed by atoms with Crippen LogP contribution in [0.2, 0.25) is 0 Å². The number of nitrogens with one attached hydrogen (secondary N) is 1. The lowest BCUT2D eigenvalue weighted by Crippen LogP contribution is -2.55. The number of hydrazone groups is 1. The number of carbonyl (C=O) groups excluding carboxylic acids is 2. The van der Waals surface area contributed by atoms with Crippen LogP contribution in [-0.2, 0) is 16.0 Å². The number of fused-ring (bicyclic) bond motifs is 1. The summed E-state index contributed by atoms with van der Waals surface area (Å²) < 4.78 is 11.0. The number of ether oxygens (including phenoxy) is 2. The number of carboxylic acid groups (broad SMARTS) is 1. The van der Waals surface area contributed by atoms with Gasteiger partial charge in [0.1, 0.15) is 6.04 Å². The van der Waals surface area contributed by atoms with Crippen LogP contribution in [0.25, 0.3) is 0 Å². The van der Waals surface area contributed by atoms with Gasteiger partial charge in [0.15, 0.2) is 11.5 Å². The predicted molar refractivity (Wildman–Crippen MR) is 158 cm³/mol. The minimum absolute atomic E-state index is 0.0618. The lowest BCUT2D eigenvalue weighted by atomic mass is 9.73. The van der Waals surface area contributed by atoms with Crippen molar-refractivity contribution in [3.8, 4) is 11.5 Å². The summed E-state index contributed by atoms with van der Waals surface area (Å²) in [5.74, 6) is 1.03. The SMILES string of the molecule is COc1ccc(C2=NN(C3CCN(C(=O)[C@H](Cc4cccc(C)c4)NC(=O)O)CC3)C(=O)[C@@H]3CCCC[C@H]23)cc1OC. The van der Waals surface area contributed by atoms with E-state index in [-0.39, 0.29) is 36.1 Å². The van der Waals surface area contributed by atoms with Gasteiger partial charge >= 0.3 is 6.09 Å². The van der Waals surface area contributed by atoms with Gasteiger partial charge < -0.3 is 24.8 Å². The minimum Gasteiger partial charge on any atom is -0.493 e. The van der Waals surface area contributed by atoms with Gasteiger partial charge in [-0.25, -0.2) is 9.80 Å². The van der Waals surface area contributed by atoms with E-state index in [0.29, 0.717) is 37.4 Å². The molecule has 3 aliphatic rings. The van der Waals surface area contributed by atoms with Crippen molar-refractivity contribution < 1.29 is 29.0 Å². The van der Waals surface area contributed by atoms with Crippen LogP contribution in [0, 0.1) is 18.8 Å². The molecule has 10 nitrogen and oxygen atoms in total. The Morgan fingerprint density at radius 2 is 1.71 bits per heavy atom. The number of likely N-dealkylation sites (tertiary alicyclic amines) is 1. The zero-order valence-corrected chi connectivity index (χ0v) is 24.5. The molecule has 2 aromatic carbocycles. The van der Waals surface area contributed by atoms with E-state index >= 15 is 0 Å². The molecule has 1 saturated heterocycles. The van der Waals surface area contributed by atoms with Gasteiger partial charge in [0.05, 0.1) is 26.0 Å². The van der Waals surface area contributed by atoms with Gasteiger partial charge in [-0.1, -0.05) is 42.7 Å². The van der Waals surface area contributed by atoms with Gasteiger partial charge in [-0.3, -0.25) is 9.59 Å². The average Bonchev–Trinajstić information content (AvgIpc) is 3.00. The Hall–Kier alpha value is -4.08. The molecule has 0 bridgehead atoms. The Morgan fingerprint density at radius 1 is 1.00 bits per heavy atom. The number of piperidine rings is 1. The highest BCUT2D eigenvalue weighted by molar-refractivity contribution is 6.07. The van der Waals surface area contributed by atoms with Crippen LogP contribution >= 0.6 is 0 Å². The molecule has 2 aliphatic heterocycles. The summed E-state index contributed by atoms with van der Waals surface area (Å²) in [5, 5.41) is 18.5. The quantitative estimate of drug-likeness (QED) is 0.485. The molecule has 3 amide bonds. The molecule has 2 fully saturated rings. The van der Waals surface area contributed by atoms with Gasteiger partial charge in [0.2, 0.25) is 11.8 Å². The fourth-order valence-corrected chi connectivity index (χ4v) is 6.67. The van der Waals surface area contributed by atoms with Crippen molar-refractivity contribution in [1.82, 2.24) is 15.2 Å². The number of benzene rings is 2. The van der Waals surface area contributed by atoms with Gasteiger partial charge in [-0.05, 0) is 56.4 Å². The average molecular weight is 577 g/mol. The standard InChI is InChI=1S/C32H40N4O6/c1-20-7-6-8-21(17-20)18-26(33-32(39)40)31(38)35-15-13-23(14-16-35)36-30(37)25-10-5-4-9-24(25)29(34-36)22-11-12-27(41-2)28(19-22)42-3/h6-8,11-12,17,19,23-26,33H,4-5,9-10,13-16,18H2,1-3H3,(H,39,40)/t24-,25+,26-/m0/s1. The first kappa shape index (κ1) is 29.4. The fraction of sp³-hybridized carbons (Fsp3) is 0.500. The number of hydrogen-bond donors (Lipinski definition) is 2. The number of nitrogens with zero attached hydrogens (tertiary/aromatic N) is 3. The normalized spacial score (nSPS) is 21.7. The third-order valence-corrected chi connectivity index (χ3v) is 8.80. The summed E-state index contributed by atoms with van der Waals surface area (Å²) in [5.41, 5.74) is 3.78. The number of methoxy groups -OCH3 is 2. The maximum atomic E-state index is 13.8. The molecular weight excluding hydrogens is 536 g/mol. The van der Waals surface area contributed by atoms with Crippen LogP contribution in [0.1, 0.15) is 55.2 Å². The molecule has 224 valence electrons. The Kier molecular flexibility index (Phi) is 8.99. The molecular formula is C32H40N4O6. The molecule has 2 N–H and O–H groups in total. The van der Waals surface area contributed by atoms with Crippen molar-refractivity contribution in [2.24, 2.45) is 16.9 Å². The van der Waals surface area contributed by atoms with Gasteiger partial charge in [0.25, 0.3) is 0 Å². The molecule has 0 radical (unpaired) electrons. The monoisotopic (exact) mass is 576 g/mol. The zero-order chi connectivity index (χ0) is 29.8. The lowest BCUT2D eigenvalue weighted by molar-refractivity contribution is -0.143. The summed E-state index contributed by atoms with van der Waals surface area (Å²) in [7, 11) is 3.21. The summed E-state index contributed by atoms with van der Waals surface area (Å²) in [6.07, 6.45) is 4.03. The van der Waals surface area contributed by atoms with Crippen LogP contribution in [0.5, 0.6) is 11.5 Å². The van der Waals surface area contributed by atoms with E-state index in [1.165, 1.54) is 0 Å². The Bertz CT molecular complexity index is 1350. The first-order chi connectivity index (χ1) is 20.3. The molecule has 1 aliphatic carbocycles. The van der Waals surface area contributed by atoms with Crippen LogP contribution in [-0.4, -0.2) is 78.0 Å². The summed E-state index contributed by atoms with van der Waals surface area (Å²) >= 11 is 0. The molecule has 2 aromatic rings. The minimum atomic E-state index is -1.23. The second-order valence-corrected chi connectivity index (χ2v) is 11.5. The number of aryl methyl sites for hydroxylation is 1. The van der Waals surface area contributed by atoms with Crippen LogP contribution in [0.3, 0.4) is 0 Å². The van der Waals surface area contributed by atoms with Crippen molar-refractivity contribution in [3.63, 3.8) is 0 Å².